The molecule has 0 bridgehead atoms. The third-order valence-corrected chi connectivity index (χ3v) is 5.50. The Morgan fingerprint density at radius 2 is 2.14 bits per heavy atom. The van der Waals surface area contributed by atoms with Crippen LogP contribution in [0.1, 0.15) is 0 Å². The van der Waals surface area contributed by atoms with Crippen molar-refractivity contribution in [3.63, 3.8) is 0 Å². The largest absolute Gasteiger partial charge is 0.346 e. The second kappa shape index (κ2) is 5.29. The van der Waals surface area contributed by atoms with Crippen molar-refractivity contribution in [2.24, 2.45) is 0 Å². The molecule has 4 aromatic rings. The number of aromatic nitrogens is 4. The smallest absolute Gasteiger partial charge is 0.151 e. The zero-order chi connectivity index (χ0) is 14.4. The quantitative estimate of drug-likeness (QED) is 0.410. The van der Waals surface area contributed by atoms with Crippen molar-refractivity contribution >= 4 is 68.3 Å². The number of pyridine rings is 2. The van der Waals surface area contributed by atoms with E-state index >= 15 is 0 Å². The molecule has 7 heteroatoms. The van der Waals surface area contributed by atoms with E-state index in [2.05, 4.69) is 74.4 Å². The molecule has 0 amide bonds. The topological polar surface area (TPSA) is 46.5 Å². The number of aromatic amines is 1. The summed E-state index contributed by atoms with van der Waals surface area (Å²) in [5, 5.41) is 2.23. The number of nitrogens with one attached hydrogen (secondary N) is 1. The Morgan fingerprint density at radius 3 is 3.00 bits per heavy atom. The fraction of sp³-hybridized carbons (Fsp3) is 0. The molecule has 4 heterocycles. The van der Waals surface area contributed by atoms with Gasteiger partial charge in [0.15, 0.2) is 5.65 Å². The van der Waals surface area contributed by atoms with E-state index in [-0.39, 0.29) is 0 Å². The first-order valence-corrected chi connectivity index (χ1v) is 10.3. The first kappa shape index (κ1) is 13.6. The summed E-state index contributed by atoms with van der Waals surface area (Å²) in [4.78, 5) is 12.1. The first-order chi connectivity index (χ1) is 10.3. The van der Waals surface area contributed by atoms with Gasteiger partial charge >= 0.3 is 0 Å². The third-order valence-electron chi connectivity index (χ3n) is 3.36. The number of nitrogens with zero attached hydrogens (tertiary/aromatic N) is 3. The molecule has 0 fully saturated rings. The molecule has 104 valence electrons. The summed E-state index contributed by atoms with van der Waals surface area (Å²) in [6.45, 7) is 0. The van der Waals surface area contributed by atoms with Gasteiger partial charge in [-0.05, 0) is 34.1 Å². The number of H-pyrrole nitrogens is 1. The number of halogens is 2. The minimum absolute atomic E-state index is 0.907. The summed E-state index contributed by atoms with van der Waals surface area (Å²) in [6, 6.07) is 6.28. The number of rotatable bonds is 2. The second-order valence-corrected chi connectivity index (χ2v) is 7.23. The Kier molecular flexibility index (Phi) is 3.43. The third kappa shape index (κ3) is 2.27. The van der Waals surface area contributed by atoms with Crippen LogP contribution in [0.3, 0.4) is 0 Å². The molecule has 4 nitrogen and oxygen atoms in total. The molecule has 21 heavy (non-hydrogen) atoms. The van der Waals surface area contributed by atoms with Gasteiger partial charge in [-0.25, -0.2) is 9.97 Å². The summed E-state index contributed by atoms with van der Waals surface area (Å²) >= 11 is 5.77. The van der Waals surface area contributed by atoms with Crippen LogP contribution in [0.4, 0.5) is 0 Å². The number of fused-ring (bicyclic) bond motifs is 2. The highest BCUT2D eigenvalue weighted by molar-refractivity contribution is 14.2. The van der Waals surface area contributed by atoms with Crippen LogP contribution in [-0.4, -0.2) is 18.9 Å². The molecule has 0 unspecified atom stereocenters. The lowest BCUT2D eigenvalue weighted by Crippen LogP contribution is -1.82. The van der Waals surface area contributed by atoms with Gasteiger partial charge in [0, 0.05) is 81.5 Å². The van der Waals surface area contributed by atoms with E-state index in [4.69, 9.17) is 0 Å². The molecule has 0 radical (unpaired) electrons. The summed E-state index contributed by atoms with van der Waals surface area (Å²) in [5.74, 6) is 0. The molecule has 4 rings (SSSR count). The van der Waals surface area contributed by atoms with Gasteiger partial charge in [-0.1, -0.05) is 0 Å². The summed E-state index contributed by atoms with van der Waals surface area (Å²) in [5.41, 5.74) is 4.10. The van der Waals surface area contributed by atoms with Crippen LogP contribution >= 0.6 is 46.3 Å². The maximum Gasteiger partial charge on any atom is 0.151 e. The maximum absolute atomic E-state index is 4.51. The van der Waals surface area contributed by atoms with Crippen LogP contribution in [0.15, 0.2) is 47.5 Å². The van der Waals surface area contributed by atoms with E-state index in [1.807, 2.05) is 24.7 Å². The average molecular weight is 471 g/mol. The van der Waals surface area contributed by atoms with Gasteiger partial charge < -0.3 is 4.98 Å². The van der Waals surface area contributed by atoms with Crippen LogP contribution in [0, 0.1) is 0 Å². The van der Waals surface area contributed by atoms with Gasteiger partial charge in [0.05, 0.1) is 0 Å². The van der Waals surface area contributed by atoms with Gasteiger partial charge in [0.25, 0.3) is 0 Å². The highest BCUT2D eigenvalue weighted by Gasteiger charge is 2.13. The Labute approximate surface area is 145 Å². The number of hydrogen-bond donors (Lipinski definition) is 1. The Balaban J connectivity index is 2.02. The molecule has 0 aliphatic rings. The van der Waals surface area contributed by atoms with Crippen molar-refractivity contribution in [1.82, 2.24) is 18.9 Å². The minimum atomic E-state index is 0.907. The van der Waals surface area contributed by atoms with E-state index in [1.165, 1.54) is 0 Å². The van der Waals surface area contributed by atoms with Gasteiger partial charge in [-0.3, -0.25) is 3.97 Å². The maximum atomic E-state index is 4.51. The molecule has 0 atom stereocenters. The van der Waals surface area contributed by atoms with Crippen LogP contribution in [0.5, 0.6) is 0 Å². The van der Waals surface area contributed by atoms with Crippen molar-refractivity contribution in [3.05, 3.63) is 47.5 Å². The van der Waals surface area contributed by atoms with Crippen molar-refractivity contribution in [1.29, 1.82) is 0 Å². The average Bonchev–Trinajstić information content (AvgIpc) is 3.09. The molecule has 0 aliphatic carbocycles. The summed E-state index contributed by atoms with van der Waals surface area (Å²) in [7, 11) is 1.61. The number of hydrogen-bond acceptors (Lipinski definition) is 3. The zero-order valence-corrected chi connectivity index (χ0v) is 15.1. The van der Waals surface area contributed by atoms with Crippen LogP contribution in [0.2, 0.25) is 0 Å². The predicted molar refractivity (Wildman–Crippen MR) is 99.5 cm³/mol. The SMILES string of the molecule is Brc1cnc2c(c1)c(-c1cnc3[nH]ccc3c1)cn2SI. The fourth-order valence-corrected chi connectivity index (χ4v) is 4.01. The molecular weight excluding hydrogens is 463 g/mol. The summed E-state index contributed by atoms with van der Waals surface area (Å²) in [6.07, 6.45) is 7.74. The molecule has 0 spiro atoms. The Hall–Kier alpha value is -1.06. The van der Waals surface area contributed by atoms with Crippen molar-refractivity contribution in [3.8, 4) is 11.1 Å². The lowest BCUT2D eigenvalue weighted by Gasteiger charge is -2.00. The van der Waals surface area contributed by atoms with Crippen molar-refractivity contribution in [2.45, 2.75) is 0 Å². The molecule has 0 aliphatic heterocycles. The monoisotopic (exact) mass is 470 g/mol. The standard InChI is InChI=1S/C14H8BrIN4S/c15-10-4-11-12(7-20(21-16)14(11)19-6-10)9-3-8-1-2-17-13(8)18-5-9/h1-7H,(H,17,18). The van der Waals surface area contributed by atoms with Crippen molar-refractivity contribution in [2.75, 3.05) is 0 Å². The normalized spacial score (nSPS) is 11.5. The predicted octanol–water partition coefficient (Wildman–Crippen LogP) is 5.19. The molecule has 0 saturated heterocycles. The van der Waals surface area contributed by atoms with E-state index in [9.17, 15) is 0 Å². The van der Waals surface area contributed by atoms with E-state index in [0.717, 1.165) is 37.7 Å². The van der Waals surface area contributed by atoms with Gasteiger partial charge in [-0.2, -0.15) is 0 Å². The van der Waals surface area contributed by atoms with E-state index in [1.54, 1.807) is 9.12 Å². The van der Waals surface area contributed by atoms with Crippen LogP contribution in [-0.2, 0) is 0 Å². The van der Waals surface area contributed by atoms with Gasteiger partial charge in [0.2, 0.25) is 0 Å². The van der Waals surface area contributed by atoms with Gasteiger partial charge in [0.1, 0.15) is 5.65 Å². The highest BCUT2D eigenvalue weighted by Crippen LogP contribution is 2.35. The van der Waals surface area contributed by atoms with E-state index in [0.29, 0.717) is 0 Å². The fourth-order valence-electron chi connectivity index (χ4n) is 2.42. The van der Waals surface area contributed by atoms with Crippen LogP contribution in [0.25, 0.3) is 33.2 Å². The van der Waals surface area contributed by atoms with Crippen LogP contribution < -0.4 is 0 Å². The first-order valence-electron chi connectivity index (χ1n) is 6.15. The lowest BCUT2D eigenvalue weighted by molar-refractivity contribution is 1.26. The Morgan fingerprint density at radius 1 is 1.24 bits per heavy atom. The minimum Gasteiger partial charge on any atom is -0.346 e. The van der Waals surface area contributed by atoms with Crippen molar-refractivity contribution < 1.29 is 0 Å². The molecule has 0 saturated carbocycles. The molecule has 4 aromatic heterocycles. The Bertz CT molecular complexity index is 962. The van der Waals surface area contributed by atoms with Gasteiger partial charge in [-0.15, -0.1) is 0 Å². The highest BCUT2D eigenvalue weighted by atomic mass is 127. The summed E-state index contributed by atoms with van der Waals surface area (Å²) < 4.78 is 3.04. The molecule has 1 N–H and O–H groups in total. The second-order valence-electron chi connectivity index (χ2n) is 4.60. The lowest BCUT2D eigenvalue weighted by atomic mass is 10.1. The molecule has 0 aromatic carbocycles. The van der Waals surface area contributed by atoms with E-state index < -0.39 is 0 Å². The molecular formula is C14H8BrIN4S. The zero-order valence-electron chi connectivity index (χ0n) is 10.5.